The molecule has 1 heterocycles. The number of rotatable bonds is 7. The van der Waals surface area contributed by atoms with Crippen LogP contribution in [0.2, 0.25) is 0 Å². The average molecular weight is 292 g/mol. The first-order valence-corrected chi connectivity index (χ1v) is 8.41. The van der Waals surface area contributed by atoms with Gasteiger partial charge in [0.25, 0.3) is 0 Å². The van der Waals surface area contributed by atoms with Crippen LogP contribution in [-0.2, 0) is 0 Å². The SMILES string of the molecule is CCSCCCNC(=O)Nc1nc(SC)ns1. The van der Waals surface area contributed by atoms with Gasteiger partial charge in [-0.25, -0.2) is 4.79 Å². The summed E-state index contributed by atoms with van der Waals surface area (Å²) in [6.45, 7) is 2.82. The van der Waals surface area contributed by atoms with E-state index < -0.39 is 0 Å². The molecule has 0 fully saturated rings. The second-order valence-electron chi connectivity index (χ2n) is 3.02. The zero-order valence-corrected chi connectivity index (χ0v) is 12.3. The molecule has 8 heteroatoms. The summed E-state index contributed by atoms with van der Waals surface area (Å²) in [6.07, 6.45) is 2.88. The van der Waals surface area contributed by atoms with Gasteiger partial charge in [-0.1, -0.05) is 18.7 Å². The van der Waals surface area contributed by atoms with Crippen molar-refractivity contribution in [2.24, 2.45) is 0 Å². The Morgan fingerprint density at radius 1 is 1.53 bits per heavy atom. The molecule has 2 amide bonds. The third-order valence-corrected chi connectivity index (χ3v) is 4.04. The lowest BCUT2D eigenvalue weighted by Gasteiger charge is -2.04. The fourth-order valence-electron chi connectivity index (χ4n) is 1.01. The highest BCUT2D eigenvalue weighted by atomic mass is 32.2. The van der Waals surface area contributed by atoms with Crippen LogP contribution in [0.25, 0.3) is 0 Å². The Bertz CT molecular complexity index is 345. The molecule has 2 N–H and O–H groups in total. The number of amides is 2. The number of urea groups is 1. The minimum absolute atomic E-state index is 0.213. The number of thioether (sulfide) groups is 2. The molecule has 0 aliphatic rings. The highest BCUT2D eigenvalue weighted by molar-refractivity contribution is 7.99. The smallest absolute Gasteiger partial charge is 0.321 e. The monoisotopic (exact) mass is 292 g/mol. The van der Waals surface area contributed by atoms with Crippen molar-refractivity contribution in [2.45, 2.75) is 18.5 Å². The minimum atomic E-state index is -0.213. The van der Waals surface area contributed by atoms with Gasteiger partial charge in [-0.05, 0) is 24.2 Å². The summed E-state index contributed by atoms with van der Waals surface area (Å²) in [4.78, 5) is 15.6. The number of anilines is 1. The van der Waals surface area contributed by atoms with E-state index in [2.05, 4.69) is 26.9 Å². The zero-order chi connectivity index (χ0) is 12.5. The van der Waals surface area contributed by atoms with Gasteiger partial charge in [0.2, 0.25) is 10.3 Å². The molecule has 1 aromatic rings. The van der Waals surface area contributed by atoms with Crippen molar-refractivity contribution < 1.29 is 4.79 Å². The molecular formula is C9H16N4OS3. The fourth-order valence-corrected chi connectivity index (χ4v) is 2.76. The molecule has 0 aliphatic heterocycles. The summed E-state index contributed by atoms with van der Waals surface area (Å²) in [7, 11) is 0. The standard InChI is InChI=1S/C9H16N4OS3/c1-3-16-6-4-5-10-7(14)11-8-12-9(15-2)13-17-8/h3-6H2,1-2H3,(H2,10,11,12,13,14). The van der Waals surface area contributed by atoms with Gasteiger partial charge in [-0.3, -0.25) is 5.32 Å². The van der Waals surface area contributed by atoms with E-state index in [0.29, 0.717) is 16.8 Å². The molecule has 0 bridgehead atoms. The first-order valence-electron chi connectivity index (χ1n) is 5.26. The van der Waals surface area contributed by atoms with E-state index >= 15 is 0 Å². The number of nitrogens with zero attached hydrogens (tertiary/aromatic N) is 2. The highest BCUT2D eigenvalue weighted by Gasteiger charge is 2.06. The van der Waals surface area contributed by atoms with Crippen LogP contribution in [0, 0.1) is 0 Å². The maximum Gasteiger partial charge on any atom is 0.321 e. The summed E-state index contributed by atoms with van der Waals surface area (Å²) in [5, 5.41) is 6.67. The van der Waals surface area contributed by atoms with Crippen molar-refractivity contribution in [1.82, 2.24) is 14.7 Å². The number of carbonyl (C=O) groups is 1. The largest absolute Gasteiger partial charge is 0.338 e. The molecule has 0 aliphatic carbocycles. The summed E-state index contributed by atoms with van der Waals surface area (Å²) in [5.74, 6) is 2.20. The maximum absolute atomic E-state index is 11.4. The second kappa shape index (κ2) is 8.60. The second-order valence-corrected chi connectivity index (χ2v) is 5.94. The molecule has 0 saturated heterocycles. The highest BCUT2D eigenvalue weighted by Crippen LogP contribution is 2.17. The van der Waals surface area contributed by atoms with Crippen LogP contribution in [0.3, 0.4) is 0 Å². The van der Waals surface area contributed by atoms with Crippen molar-refractivity contribution in [3.63, 3.8) is 0 Å². The topological polar surface area (TPSA) is 66.9 Å². The maximum atomic E-state index is 11.4. The molecule has 0 aromatic carbocycles. The molecule has 1 rings (SSSR count). The predicted molar refractivity (Wildman–Crippen MR) is 76.3 cm³/mol. The van der Waals surface area contributed by atoms with Crippen LogP contribution >= 0.6 is 35.1 Å². The van der Waals surface area contributed by atoms with E-state index in [1.807, 2.05) is 18.0 Å². The first kappa shape index (κ1) is 14.6. The molecular weight excluding hydrogens is 276 g/mol. The van der Waals surface area contributed by atoms with Gasteiger partial charge in [-0.15, -0.1) is 0 Å². The summed E-state index contributed by atoms with van der Waals surface area (Å²) < 4.78 is 4.06. The quantitative estimate of drug-likeness (QED) is 0.597. The van der Waals surface area contributed by atoms with Gasteiger partial charge in [0.05, 0.1) is 0 Å². The summed E-state index contributed by atoms with van der Waals surface area (Å²) >= 11 is 4.52. The number of hydrogen-bond donors (Lipinski definition) is 2. The lowest BCUT2D eigenvalue weighted by Crippen LogP contribution is -2.29. The van der Waals surface area contributed by atoms with E-state index in [1.54, 1.807) is 0 Å². The van der Waals surface area contributed by atoms with Gasteiger partial charge >= 0.3 is 6.03 Å². The normalized spacial score (nSPS) is 10.2. The number of nitrogens with one attached hydrogen (secondary N) is 2. The van der Waals surface area contributed by atoms with Crippen LogP contribution in [0.1, 0.15) is 13.3 Å². The van der Waals surface area contributed by atoms with Crippen molar-refractivity contribution in [3.8, 4) is 0 Å². The van der Waals surface area contributed by atoms with Gasteiger partial charge < -0.3 is 5.32 Å². The van der Waals surface area contributed by atoms with Crippen molar-refractivity contribution >= 4 is 46.2 Å². The molecule has 96 valence electrons. The van der Waals surface area contributed by atoms with Crippen LogP contribution < -0.4 is 10.6 Å². The van der Waals surface area contributed by atoms with Crippen LogP contribution in [0.15, 0.2) is 5.16 Å². The minimum Gasteiger partial charge on any atom is -0.338 e. The van der Waals surface area contributed by atoms with Gasteiger partial charge in [0.15, 0.2) is 0 Å². The van der Waals surface area contributed by atoms with E-state index in [0.717, 1.165) is 17.9 Å². The number of carbonyl (C=O) groups excluding carboxylic acids is 1. The Balaban J connectivity index is 2.16. The van der Waals surface area contributed by atoms with Crippen molar-refractivity contribution in [3.05, 3.63) is 0 Å². The van der Waals surface area contributed by atoms with Crippen molar-refractivity contribution in [2.75, 3.05) is 29.6 Å². The molecule has 0 saturated carbocycles. The van der Waals surface area contributed by atoms with Crippen LogP contribution in [0.4, 0.5) is 9.93 Å². The summed E-state index contributed by atoms with van der Waals surface area (Å²) in [5.41, 5.74) is 0. The molecule has 5 nitrogen and oxygen atoms in total. The first-order chi connectivity index (χ1) is 8.26. The van der Waals surface area contributed by atoms with Gasteiger partial charge in [-0.2, -0.15) is 21.1 Å². The Morgan fingerprint density at radius 2 is 2.35 bits per heavy atom. The Kier molecular flexibility index (Phi) is 7.38. The molecule has 0 unspecified atom stereocenters. The molecule has 0 radical (unpaired) electrons. The van der Waals surface area contributed by atoms with E-state index in [4.69, 9.17) is 0 Å². The fraction of sp³-hybridized carbons (Fsp3) is 0.667. The van der Waals surface area contributed by atoms with Gasteiger partial charge in [0, 0.05) is 18.1 Å². The zero-order valence-electron chi connectivity index (χ0n) is 9.86. The Morgan fingerprint density at radius 3 is 3.00 bits per heavy atom. The number of hydrogen-bond acceptors (Lipinski definition) is 6. The predicted octanol–water partition coefficient (Wildman–Crippen LogP) is 2.52. The average Bonchev–Trinajstić information content (AvgIpc) is 2.76. The van der Waals surface area contributed by atoms with Crippen LogP contribution in [-0.4, -0.2) is 39.7 Å². The molecule has 17 heavy (non-hydrogen) atoms. The van der Waals surface area contributed by atoms with Crippen molar-refractivity contribution in [1.29, 1.82) is 0 Å². The number of aromatic nitrogens is 2. The lowest BCUT2D eigenvalue weighted by molar-refractivity contribution is 0.252. The van der Waals surface area contributed by atoms with Crippen LogP contribution in [0.5, 0.6) is 0 Å². The van der Waals surface area contributed by atoms with E-state index in [1.165, 1.54) is 23.3 Å². The Hall–Kier alpha value is -0.470. The molecule has 1 aromatic heterocycles. The molecule has 0 spiro atoms. The molecule has 0 atom stereocenters. The summed E-state index contributed by atoms with van der Waals surface area (Å²) in [6, 6.07) is -0.213. The van der Waals surface area contributed by atoms with E-state index in [9.17, 15) is 4.79 Å². The third kappa shape index (κ3) is 6.13. The Labute approximate surface area is 114 Å². The lowest BCUT2D eigenvalue weighted by atomic mass is 10.5. The third-order valence-electron chi connectivity index (χ3n) is 1.77. The van der Waals surface area contributed by atoms with Gasteiger partial charge in [0.1, 0.15) is 0 Å². The van der Waals surface area contributed by atoms with E-state index in [-0.39, 0.29) is 6.03 Å².